The molecular formula is C20H14FN3O3. The molecule has 134 valence electrons. The van der Waals surface area contributed by atoms with E-state index in [0.717, 1.165) is 11.0 Å². The Bertz CT molecular complexity index is 1110. The van der Waals surface area contributed by atoms with Gasteiger partial charge in [-0.05, 0) is 35.9 Å². The number of fused-ring (bicyclic) bond motifs is 1. The summed E-state index contributed by atoms with van der Waals surface area (Å²) in [5.74, 6) is 0.537. The number of nitrogens with zero attached hydrogens (tertiary/aromatic N) is 2. The van der Waals surface area contributed by atoms with E-state index in [9.17, 15) is 14.5 Å². The molecule has 1 aromatic heterocycles. The monoisotopic (exact) mass is 363 g/mol. The first-order valence-electron chi connectivity index (χ1n) is 8.21. The van der Waals surface area contributed by atoms with Gasteiger partial charge in [-0.3, -0.25) is 10.1 Å². The lowest BCUT2D eigenvalue weighted by Gasteiger charge is -2.10. The fraction of sp³-hybridized carbons (Fsp3) is 0.0500. The Morgan fingerprint density at radius 1 is 1.07 bits per heavy atom. The number of benzene rings is 3. The van der Waals surface area contributed by atoms with E-state index in [0.29, 0.717) is 22.7 Å². The number of nitro benzene ring substituents is 1. The third-order valence-corrected chi connectivity index (χ3v) is 4.10. The third-order valence-electron chi connectivity index (χ3n) is 4.10. The smallest absolute Gasteiger partial charge is 0.270 e. The first-order valence-corrected chi connectivity index (χ1v) is 8.21. The van der Waals surface area contributed by atoms with Crippen LogP contribution >= 0.6 is 0 Å². The summed E-state index contributed by atoms with van der Waals surface area (Å²) in [6.07, 6.45) is 0. The molecule has 0 unspecified atom stereocenters. The van der Waals surface area contributed by atoms with Gasteiger partial charge in [0.2, 0.25) is 0 Å². The van der Waals surface area contributed by atoms with Crippen LogP contribution in [0.4, 0.5) is 10.1 Å². The zero-order valence-corrected chi connectivity index (χ0v) is 14.1. The van der Waals surface area contributed by atoms with Crippen molar-refractivity contribution in [3.05, 3.63) is 88.2 Å². The number of H-pyrrole nitrogens is 1. The summed E-state index contributed by atoms with van der Waals surface area (Å²) < 4.78 is 19.2. The standard InChI is InChI=1S/C20H14FN3O3/c21-14-5-3-4-13(10-14)12-27-19-9-8-15(24(25)26)11-16(19)20-22-17-6-1-2-7-18(17)23-20/h1-11H,12H2,(H,22,23). The number of aromatic nitrogens is 2. The van der Waals surface area contributed by atoms with Gasteiger partial charge in [0.25, 0.3) is 5.69 Å². The van der Waals surface area contributed by atoms with E-state index in [4.69, 9.17) is 4.74 Å². The Morgan fingerprint density at radius 3 is 2.70 bits per heavy atom. The number of hydrogen-bond donors (Lipinski definition) is 1. The number of halogens is 1. The number of non-ortho nitro benzene ring substituents is 1. The van der Waals surface area contributed by atoms with Crippen LogP contribution in [0.5, 0.6) is 5.75 Å². The van der Waals surface area contributed by atoms with E-state index in [2.05, 4.69) is 9.97 Å². The molecule has 0 saturated carbocycles. The largest absolute Gasteiger partial charge is 0.488 e. The van der Waals surface area contributed by atoms with Crippen molar-refractivity contribution in [3.8, 4) is 17.1 Å². The SMILES string of the molecule is O=[N+]([O-])c1ccc(OCc2cccc(F)c2)c(-c2nc3ccccc3[nH]2)c1. The first-order chi connectivity index (χ1) is 13.1. The van der Waals surface area contributed by atoms with Crippen LogP contribution in [0.3, 0.4) is 0 Å². The van der Waals surface area contributed by atoms with Crippen molar-refractivity contribution in [2.45, 2.75) is 6.61 Å². The van der Waals surface area contributed by atoms with Crippen molar-refractivity contribution in [1.82, 2.24) is 9.97 Å². The molecule has 4 rings (SSSR count). The van der Waals surface area contributed by atoms with Crippen LogP contribution in [0.2, 0.25) is 0 Å². The second-order valence-electron chi connectivity index (χ2n) is 5.96. The summed E-state index contributed by atoms with van der Waals surface area (Å²) in [6.45, 7) is 0.128. The van der Waals surface area contributed by atoms with Crippen LogP contribution in [-0.2, 0) is 6.61 Å². The lowest BCUT2D eigenvalue weighted by Crippen LogP contribution is -1.99. The molecule has 7 heteroatoms. The topological polar surface area (TPSA) is 81.1 Å². The fourth-order valence-electron chi connectivity index (χ4n) is 2.81. The summed E-state index contributed by atoms with van der Waals surface area (Å²) in [5.41, 5.74) is 2.62. The van der Waals surface area contributed by atoms with Gasteiger partial charge in [-0.25, -0.2) is 9.37 Å². The molecule has 27 heavy (non-hydrogen) atoms. The van der Waals surface area contributed by atoms with Gasteiger partial charge in [0, 0.05) is 12.1 Å². The van der Waals surface area contributed by atoms with E-state index in [1.54, 1.807) is 12.1 Å². The zero-order valence-electron chi connectivity index (χ0n) is 14.1. The van der Waals surface area contributed by atoms with Gasteiger partial charge in [-0.1, -0.05) is 24.3 Å². The number of nitrogens with one attached hydrogen (secondary N) is 1. The van der Waals surface area contributed by atoms with E-state index >= 15 is 0 Å². The summed E-state index contributed by atoms with van der Waals surface area (Å²) in [6, 6.07) is 17.9. The predicted molar refractivity (Wildman–Crippen MR) is 98.9 cm³/mol. The Hall–Kier alpha value is -3.74. The predicted octanol–water partition coefficient (Wildman–Crippen LogP) is 4.86. The molecule has 0 aliphatic rings. The van der Waals surface area contributed by atoms with Crippen molar-refractivity contribution in [2.75, 3.05) is 0 Å². The maximum absolute atomic E-state index is 13.4. The van der Waals surface area contributed by atoms with Gasteiger partial charge >= 0.3 is 0 Å². The normalized spacial score (nSPS) is 10.9. The van der Waals surface area contributed by atoms with Gasteiger partial charge in [-0.2, -0.15) is 0 Å². The minimum atomic E-state index is -0.470. The highest BCUT2D eigenvalue weighted by atomic mass is 19.1. The second-order valence-corrected chi connectivity index (χ2v) is 5.96. The Kier molecular flexibility index (Phi) is 4.25. The van der Waals surface area contributed by atoms with Gasteiger partial charge < -0.3 is 9.72 Å². The molecule has 0 saturated heterocycles. The van der Waals surface area contributed by atoms with E-state index in [1.807, 2.05) is 24.3 Å². The van der Waals surface area contributed by atoms with E-state index in [-0.39, 0.29) is 18.1 Å². The second kappa shape index (κ2) is 6.87. The summed E-state index contributed by atoms with van der Waals surface area (Å²) in [7, 11) is 0. The molecule has 1 N–H and O–H groups in total. The number of aromatic amines is 1. The van der Waals surface area contributed by atoms with Crippen LogP contribution in [0, 0.1) is 15.9 Å². The Labute approximate surface area is 153 Å². The minimum absolute atomic E-state index is 0.0661. The first kappa shape index (κ1) is 16.7. The minimum Gasteiger partial charge on any atom is -0.488 e. The van der Waals surface area contributed by atoms with Gasteiger partial charge in [-0.15, -0.1) is 0 Å². The molecule has 0 atom stereocenters. The third kappa shape index (κ3) is 3.48. The van der Waals surface area contributed by atoms with Crippen molar-refractivity contribution in [2.24, 2.45) is 0 Å². The maximum atomic E-state index is 13.4. The van der Waals surface area contributed by atoms with Crippen molar-refractivity contribution >= 4 is 16.7 Å². The average Bonchev–Trinajstić information content (AvgIpc) is 3.10. The van der Waals surface area contributed by atoms with Crippen LogP contribution in [0.1, 0.15) is 5.56 Å². The maximum Gasteiger partial charge on any atom is 0.270 e. The van der Waals surface area contributed by atoms with E-state index < -0.39 is 4.92 Å². The molecule has 0 aliphatic carbocycles. The molecule has 0 spiro atoms. The highest BCUT2D eigenvalue weighted by Gasteiger charge is 2.16. The number of para-hydroxylation sites is 2. The number of nitro groups is 1. The molecule has 0 fully saturated rings. The Balaban J connectivity index is 1.73. The van der Waals surface area contributed by atoms with Crippen molar-refractivity contribution in [3.63, 3.8) is 0 Å². The summed E-state index contributed by atoms with van der Waals surface area (Å²) in [5, 5.41) is 11.2. The van der Waals surface area contributed by atoms with Crippen LogP contribution < -0.4 is 4.74 Å². The van der Waals surface area contributed by atoms with Gasteiger partial charge in [0.1, 0.15) is 24.0 Å². The summed E-state index contributed by atoms with van der Waals surface area (Å²) in [4.78, 5) is 18.4. The molecule has 1 heterocycles. The molecular weight excluding hydrogens is 349 g/mol. The molecule has 0 radical (unpaired) electrons. The summed E-state index contributed by atoms with van der Waals surface area (Å²) >= 11 is 0. The highest BCUT2D eigenvalue weighted by molar-refractivity contribution is 5.81. The van der Waals surface area contributed by atoms with Gasteiger partial charge in [0.15, 0.2) is 0 Å². The molecule has 0 bridgehead atoms. The molecule has 3 aromatic carbocycles. The van der Waals surface area contributed by atoms with Crippen LogP contribution in [0.15, 0.2) is 66.7 Å². The average molecular weight is 363 g/mol. The van der Waals surface area contributed by atoms with Gasteiger partial charge in [0.05, 0.1) is 21.5 Å². The van der Waals surface area contributed by atoms with Crippen LogP contribution in [-0.4, -0.2) is 14.9 Å². The molecule has 0 aliphatic heterocycles. The lowest BCUT2D eigenvalue weighted by molar-refractivity contribution is -0.384. The van der Waals surface area contributed by atoms with Crippen molar-refractivity contribution in [1.29, 1.82) is 0 Å². The zero-order chi connectivity index (χ0) is 18.8. The van der Waals surface area contributed by atoms with E-state index in [1.165, 1.54) is 30.3 Å². The fourth-order valence-corrected chi connectivity index (χ4v) is 2.81. The number of hydrogen-bond acceptors (Lipinski definition) is 4. The number of imidazole rings is 1. The highest BCUT2D eigenvalue weighted by Crippen LogP contribution is 2.33. The van der Waals surface area contributed by atoms with Crippen LogP contribution in [0.25, 0.3) is 22.4 Å². The molecule has 6 nitrogen and oxygen atoms in total. The van der Waals surface area contributed by atoms with Crippen molar-refractivity contribution < 1.29 is 14.1 Å². The molecule has 4 aromatic rings. The lowest BCUT2D eigenvalue weighted by atomic mass is 10.1. The number of rotatable bonds is 5. The number of ether oxygens (including phenoxy) is 1. The Morgan fingerprint density at radius 2 is 1.93 bits per heavy atom. The molecule has 0 amide bonds. The quantitative estimate of drug-likeness (QED) is 0.406.